The second-order valence-corrected chi connectivity index (χ2v) is 7.03. The van der Waals surface area contributed by atoms with Gasteiger partial charge in [-0.15, -0.1) is 0 Å². The van der Waals surface area contributed by atoms with Crippen molar-refractivity contribution in [3.63, 3.8) is 0 Å². The molecule has 1 saturated heterocycles. The van der Waals surface area contributed by atoms with E-state index in [1.54, 1.807) is 0 Å². The number of nitrogens with one attached hydrogen (secondary N) is 1. The minimum atomic E-state index is 0.421. The summed E-state index contributed by atoms with van der Waals surface area (Å²) in [5.41, 5.74) is 4.19. The number of rotatable bonds is 1. The number of hydrogen-bond donors (Lipinski definition) is 1. The van der Waals surface area contributed by atoms with Crippen molar-refractivity contribution < 1.29 is 0 Å². The second kappa shape index (κ2) is 5.31. The standard InChI is InChI=1S/C18H17Cl2N/c19-14-4-1-11(2-5-14)18-16-8-15(20)6-3-12(16)7-13-9-21-10-17(13)18/h1-6,8,13,17-18,21H,7,9-10H2. The minimum Gasteiger partial charge on any atom is -0.316 e. The van der Waals surface area contributed by atoms with E-state index in [2.05, 4.69) is 29.6 Å². The van der Waals surface area contributed by atoms with Crippen molar-refractivity contribution in [2.75, 3.05) is 13.1 Å². The zero-order valence-corrected chi connectivity index (χ0v) is 13.2. The fourth-order valence-electron chi connectivity index (χ4n) is 4.02. The molecular formula is C18H17Cl2N. The maximum absolute atomic E-state index is 6.26. The molecule has 1 nitrogen and oxygen atoms in total. The predicted molar refractivity (Wildman–Crippen MR) is 88.3 cm³/mol. The molecule has 1 heterocycles. The number of fused-ring (bicyclic) bond motifs is 2. The van der Waals surface area contributed by atoms with Crippen LogP contribution < -0.4 is 5.32 Å². The first-order chi connectivity index (χ1) is 10.2. The first kappa shape index (κ1) is 13.6. The molecule has 1 aliphatic heterocycles. The third-order valence-corrected chi connectivity index (χ3v) is 5.46. The summed E-state index contributed by atoms with van der Waals surface area (Å²) in [5, 5.41) is 5.19. The van der Waals surface area contributed by atoms with Crippen LogP contribution in [0.15, 0.2) is 42.5 Å². The van der Waals surface area contributed by atoms with Crippen molar-refractivity contribution in [2.45, 2.75) is 12.3 Å². The molecule has 1 aliphatic carbocycles. The Morgan fingerprint density at radius 2 is 1.67 bits per heavy atom. The van der Waals surface area contributed by atoms with Crippen LogP contribution in [-0.2, 0) is 6.42 Å². The molecule has 2 aliphatic rings. The Hall–Kier alpha value is -1.02. The summed E-state index contributed by atoms with van der Waals surface area (Å²) in [4.78, 5) is 0. The van der Waals surface area contributed by atoms with Gasteiger partial charge in [-0.25, -0.2) is 0 Å². The summed E-state index contributed by atoms with van der Waals surface area (Å²) in [5.74, 6) is 1.79. The van der Waals surface area contributed by atoms with Crippen LogP contribution in [0.4, 0.5) is 0 Å². The van der Waals surface area contributed by atoms with Gasteiger partial charge in [-0.3, -0.25) is 0 Å². The Kier molecular flexibility index (Phi) is 3.45. The van der Waals surface area contributed by atoms with Gasteiger partial charge in [0.25, 0.3) is 0 Å². The number of benzene rings is 2. The van der Waals surface area contributed by atoms with E-state index in [1.165, 1.54) is 16.7 Å². The zero-order chi connectivity index (χ0) is 14.4. The molecule has 21 heavy (non-hydrogen) atoms. The van der Waals surface area contributed by atoms with Crippen LogP contribution in [0.3, 0.4) is 0 Å². The third kappa shape index (κ3) is 2.38. The van der Waals surface area contributed by atoms with Gasteiger partial charge in [0.1, 0.15) is 0 Å². The van der Waals surface area contributed by atoms with Crippen LogP contribution in [0.25, 0.3) is 0 Å². The van der Waals surface area contributed by atoms with Crippen molar-refractivity contribution in [3.05, 3.63) is 69.2 Å². The molecule has 0 amide bonds. The Bertz CT molecular complexity index is 665. The van der Waals surface area contributed by atoms with E-state index < -0.39 is 0 Å². The van der Waals surface area contributed by atoms with Crippen LogP contribution in [0.5, 0.6) is 0 Å². The molecule has 1 N–H and O–H groups in total. The van der Waals surface area contributed by atoms with Gasteiger partial charge < -0.3 is 5.32 Å². The van der Waals surface area contributed by atoms with Gasteiger partial charge in [0.15, 0.2) is 0 Å². The normalized spacial score (nSPS) is 27.2. The average molecular weight is 318 g/mol. The SMILES string of the molecule is Clc1ccc(C2c3cc(Cl)ccc3CC3CNCC32)cc1. The highest BCUT2D eigenvalue weighted by atomic mass is 35.5. The van der Waals surface area contributed by atoms with E-state index in [1.807, 2.05) is 18.2 Å². The summed E-state index contributed by atoms with van der Waals surface area (Å²) in [6, 6.07) is 14.7. The van der Waals surface area contributed by atoms with Crippen LogP contribution in [0.2, 0.25) is 10.0 Å². The van der Waals surface area contributed by atoms with E-state index in [9.17, 15) is 0 Å². The lowest BCUT2D eigenvalue weighted by atomic mass is 9.68. The molecule has 2 aromatic rings. The van der Waals surface area contributed by atoms with E-state index in [-0.39, 0.29) is 0 Å². The largest absolute Gasteiger partial charge is 0.316 e. The third-order valence-electron chi connectivity index (χ3n) is 4.97. The lowest BCUT2D eigenvalue weighted by Gasteiger charge is -2.36. The Morgan fingerprint density at radius 3 is 2.48 bits per heavy atom. The quantitative estimate of drug-likeness (QED) is 0.815. The van der Waals surface area contributed by atoms with Crippen molar-refractivity contribution in [3.8, 4) is 0 Å². The van der Waals surface area contributed by atoms with E-state index in [0.717, 1.165) is 35.5 Å². The maximum Gasteiger partial charge on any atom is 0.0409 e. The van der Waals surface area contributed by atoms with Crippen molar-refractivity contribution in [1.82, 2.24) is 5.32 Å². The first-order valence-corrected chi connectivity index (χ1v) is 8.22. The molecule has 108 valence electrons. The van der Waals surface area contributed by atoms with Gasteiger partial charge in [-0.2, -0.15) is 0 Å². The molecule has 0 bridgehead atoms. The fraction of sp³-hybridized carbons (Fsp3) is 0.333. The summed E-state index contributed by atoms with van der Waals surface area (Å²) < 4.78 is 0. The Balaban J connectivity index is 1.86. The average Bonchev–Trinajstić information content (AvgIpc) is 2.94. The monoisotopic (exact) mass is 317 g/mol. The van der Waals surface area contributed by atoms with E-state index in [4.69, 9.17) is 23.2 Å². The summed E-state index contributed by atoms with van der Waals surface area (Å²) in [6.45, 7) is 2.21. The molecule has 0 saturated carbocycles. The minimum absolute atomic E-state index is 0.421. The highest BCUT2D eigenvalue weighted by Crippen LogP contribution is 2.45. The number of hydrogen-bond acceptors (Lipinski definition) is 1. The fourth-order valence-corrected chi connectivity index (χ4v) is 4.32. The highest BCUT2D eigenvalue weighted by molar-refractivity contribution is 6.30. The van der Waals surface area contributed by atoms with E-state index in [0.29, 0.717) is 11.8 Å². The van der Waals surface area contributed by atoms with Gasteiger partial charge in [0, 0.05) is 16.0 Å². The molecule has 0 aromatic heterocycles. The molecule has 1 fully saturated rings. The topological polar surface area (TPSA) is 12.0 Å². The van der Waals surface area contributed by atoms with Gasteiger partial charge >= 0.3 is 0 Å². The lowest BCUT2D eigenvalue weighted by molar-refractivity contribution is 0.353. The molecule has 2 aromatic carbocycles. The van der Waals surface area contributed by atoms with Crippen molar-refractivity contribution in [1.29, 1.82) is 0 Å². The zero-order valence-electron chi connectivity index (χ0n) is 11.7. The molecule has 4 rings (SSSR count). The van der Waals surface area contributed by atoms with Crippen molar-refractivity contribution >= 4 is 23.2 Å². The van der Waals surface area contributed by atoms with Gasteiger partial charge in [-0.1, -0.05) is 41.4 Å². The summed E-state index contributed by atoms with van der Waals surface area (Å²) in [7, 11) is 0. The maximum atomic E-state index is 6.26. The molecule has 0 spiro atoms. The Labute approximate surface area is 135 Å². The van der Waals surface area contributed by atoms with E-state index >= 15 is 0 Å². The lowest BCUT2D eigenvalue weighted by Crippen LogP contribution is -2.29. The molecular weight excluding hydrogens is 301 g/mol. The molecule has 3 unspecified atom stereocenters. The molecule has 0 radical (unpaired) electrons. The van der Waals surface area contributed by atoms with Crippen LogP contribution in [0, 0.1) is 11.8 Å². The van der Waals surface area contributed by atoms with Gasteiger partial charge in [0.2, 0.25) is 0 Å². The predicted octanol–water partition coefficient (Wildman–Crippen LogP) is 4.52. The van der Waals surface area contributed by atoms with Crippen molar-refractivity contribution in [2.24, 2.45) is 11.8 Å². The van der Waals surface area contributed by atoms with Crippen LogP contribution >= 0.6 is 23.2 Å². The van der Waals surface area contributed by atoms with Crippen LogP contribution in [0.1, 0.15) is 22.6 Å². The van der Waals surface area contributed by atoms with Crippen LogP contribution in [-0.4, -0.2) is 13.1 Å². The summed E-state index contributed by atoms with van der Waals surface area (Å²) >= 11 is 12.3. The Morgan fingerprint density at radius 1 is 0.905 bits per heavy atom. The number of halogens is 2. The molecule has 3 heteroatoms. The smallest absolute Gasteiger partial charge is 0.0409 e. The highest BCUT2D eigenvalue weighted by Gasteiger charge is 2.40. The van der Waals surface area contributed by atoms with Gasteiger partial charge in [0.05, 0.1) is 0 Å². The van der Waals surface area contributed by atoms with Gasteiger partial charge in [-0.05, 0) is 72.3 Å². The second-order valence-electron chi connectivity index (χ2n) is 6.16. The first-order valence-electron chi connectivity index (χ1n) is 7.47. The summed E-state index contributed by atoms with van der Waals surface area (Å²) in [6.07, 6.45) is 1.16. The molecule has 3 atom stereocenters.